The highest BCUT2D eigenvalue weighted by molar-refractivity contribution is 5.96. The van der Waals surface area contributed by atoms with E-state index in [2.05, 4.69) is 27.9 Å². The van der Waals surface area contributed by atoms with Crippen molar-refractivity contribution in [2.45, 2.75) is 38.1 Å². The van der Waals surface area contributed by atoms with Gasteiger partial charge in [-0.2, -0.15) is 5.10 Å². The van der Waals surface area contributed by atoms with Crippen LogP contribution in [-0.2, 0) is 34.5 Å². The molecule has 0 saturated heterocycles. The lowest BCUT2D eigenvalue weighted by Gasteiger charge is -2.22. The fourth-order valence-electron chi connectivity index (χ4n) is 5.21. The second kappa shape index (κ2) is 12.7. The summed E-state index contributed by atoms with van der Waals surface area (Å²) in [5.74, 6) is -1.96. The first-order valence-corrected chi connectivity index (χ1v) is 13.6. The molecule has 1 aliphatic carbocycles. The Bertz CT molecular complexity index is 1540. The van der Waals surface area contributed by atoms with E-state index in [9.17, 15) is 19.5 Å². The fraction of sp³-hybridized carbons (Fsp3) is 0.250. The minimum absolute atomic E-state index is 0.0366. The quantitative estimate of drug-likeness (QED) is 0.247. The number of alkyl carbamates (subject to hydrolysis) is 1. The van der Waals surface area contributed by atoms with Crippen LogP contribution >= 0.6 is 0 Å². The Hall–Kier alpha value is -4.96. The molecule has 3 N–H and O–H groups in total. The van der Waals surface area contributed by atoms with Gasteiger partial charge in [0.05, 0.1) is 25.5 Å². The summed E-state index contributed by atoms with van der Waals surface area (Å²) >= 11 is 0. The third-order valence-electron chi connectivity index (χ3n) is 7.37. The lowest BCUT2D eigenvalue weighted by atomic mass is 9.98. The first-order chi connectivity index (χ1) is 20.3. The number of carboxylic acid groups (broad SMARTS) is 1. The van der Waals surface area contributed by atoms with Crippen molar-refractivity contribution in [3.63, 3.8) is 0 Å². The number of aryl methyl sites for hydroxylation is 1. The molecule has 10 nitrogen and oxygen atoms in total. The number of fused-ring (bicyclic) bond motifs is 3. The van der Waals surface area contributed by atoms with Crippen LogP contribution in [0.15, 0.2) is 85.1 Å². The van der Waals surface area contributed by atoms with Gasteiger partial charge in [-0.25, -0.2) is 9.59 Å². The number of ether oxygens (including phenoxy) is 2. The van der Waals surface area contributed by atoms with E-state index in [1.165, 1.54) is 10.9 Å². The van der Waals surface area contributed by atoms with Crippen LogP contribution < -0.4 is 10.6 Å². The summed E-state index contributed by atoms with van der Waals surface area (Å²) in [6, 6.07) is 24.2. The molecule has 0 unspecified atom stereocenters. The lowest BCUT2D eigenvalue weighted by Crippen LogP contribution is -2.49. The summed E-state index contributed by atoms with van der Waals surface area (Å²) in [4.78, 5) is 37.8. The first-order valence-electron chi connectivity index (χ1n) is 13.6. The van der Waals surface area contributed by atoms with Crippen LogP contribution in [0.25, 0.3) is 11.1 Å². The third-order valence-corrected chi connectivity index (χ3v) is 7.37. The highest BCUT2D eigenvalue weighted by Crippen LogP contribution is 2.44. The number of carbonyl (C=O) groups excluding carboxylic acids is 2. The van der Waals surface area contributed by atoms with Crippen LogP contribution in [0, 0.1) is 0 Å². The Balaban J connectivity index is 1.18. The molecule has 1 aromatic heterocycles. The second-order valence-electron chi connectivity index (χ2n) is 10.1. The zero-order valence-electron chi connectivity index (χ0n) is 23.3. The molecule has 42 heavy (non-hydrogen) atoms. The Kier molecular flexibility index (Phi) is 8.63. The molecule has 0 spiro atoms. The van der Waals surface area contributed by atoms with Gasteiger partial charge in [-0.05, 0) is 34.7 Å². The van der Waals surface area contributed by atoms with Crippen molar-refractivity contribution in [1.29, 1.82) is 0 Å². The predicted octanol–water partition coefficient (Wildman–Crippen LogP) is 4.25. The molecule has 5 rings (SSSR count). The number of rotatable bonds is 11. The van der Waals surface area contributed by atoms with Crippen molar-refractivity contribution in [2.24, 2.45) is 7.05 Å². The van der Waals surface area contributed by atoms with Gasteiger partial charge in [0.15, 0.2) is 6.04 Å². The van der Waals surface area contributed by atoms with Crippen molar-refractivity contribution in [1.82, 2.24) is 20.4 Å². The molecule has 10 heteroatoms. The van der Waals surface area contributed by atoms with Crippen LogP contribution in [-0.4, -0.2) is 51.6 Å². The smallest absolute Gasteiger partial charge is 0.407 e. The van der Waals surface area contributed by atoms with Gasteiger partial charge in [0.1, 0.15) is 12.3 Å². The molecule has 3 aromatic carbocycles. The van der Waals surface area contributed by atoms with Gasteiger partial charge in [-0.3, -0.25) is 9.48 Å². The summed E-state index contributed by atoms with van der Waals surface area (Å²) < 4.78 is 12.6. The first kappa shape index (κ1) is 28.6. The van der Waals surface area contributed by atoms with Crippen molar-refractivity contribution in [3.05, 3.63) is 113 Å². The molecule has 2 atom stereocenters. The van der Waals surface area contributed by atoms with Crippen molar-refractivity contribution in [3.8, 4) is 11.1 Å². The Morgan fingerprint density at radius 2 is 1.57 bits per heavy atom. The number of hydrogen-bond donors (Lipinski definition) is 3. The summed E-state index contributed by atoms with van der Waals surface area (Å²) in [7, 11) is 1.57. The minimum Gasteiger partial charge on any atom is -0.480 e. The number of hydrogen-bond acceptors (Lipinski definition) is 6. The van der Waals surface area contributed by atoms with Crippen molar-refractivity contribution >= 4 is 18.0 Å². The van der Waals surface area contributed by atoms with Gasteiger partial charge in [-0.1, -0.05) is 78.9 Å². The zero-order chi connectivity index (χ0) is 29.6. The van der Waals surface area contributed by atoms with Gasteiger partial charge in [0, 0.05) is 18.5 Å². The molecular formula is C32H32N4O6. The van der Waals surface area contributed by atoms with E-state index in [0.29, 0.717) is 5.56 Å². The number of carboxylic acids is 1. The number of nitrogens with zero attached hydrogens (tertiary/aromatic N) is 2. The van der Waals surface area contributed by atoms with Gasteiger partial charge in [0.2, 0.25) is 0 Å². The zero-order valence-corrected chi connectivity index (χ0v) is 23.3. The molecule has 4 aromatic rings. The maximum atomic E-state index is 13.2. The van der Waals surface area contributed by atoms with Crippen LogP contribution in [0.2, 0.25) is 0 Å². The molecule has 2 amide bonds. The van der Waals surface area contributed by atoms with E-state index in [1.807, 2.05) is 66.7 Å². The highest BCUT2D eigenvalue weighted by Gasteiger charge is 2.31. The largest absolute Gasteiger partial charge is 0.480 e. The Morgan fingerprint density at radius 3 is 2.21 bits per heavy atom. The molecule has 216 valence electrons. The van der Waals surface area contributed by atoms with E-state index in [4.69, 9.17) is 9.47 Å². The van der Waals surface area contributed by atoms with Crippen molar-refractivity contribution in [2.75, 3.05) is 6.61 Å². The highest BCUT2D eigenvalue weighted by atomic mass is 16.5. The number of carbonyl (C=O) groups is 3. The maximum absolute atomic E-state index is 13.2. The molecule has 0 fully saturated rings. The van der Waals surface area contributed by atoms with Crippen LogP contribution in [0.5, 0.6) is 0 Å². The van der Waals surface area contributed by atoms with Gasteiger partial charge < -0.3 is 25.2 Å². The van der Waals surface area contributed by atoms with Gasteiger partial charge in [0.25, 0.3) is 5.91 Å². The standard InChI is InChI=1S/C32H32N4O6/c1-20(41-18-21-10-4-3-5-11-21)28(31(38)39)35-30(37)29-22(17-34-36(29)2)16-33-32(40)42-19-27-25-14-8-6-12-23(25)24-13-7-9-15-26(24)27/h3-15,17,20,27-28H,16,18-19H2,1-2H3,(H,33,40)(H,35,37)(H,38,39)/t20-,28+/m0/s1. The average molecular weight is 569 g/mol. The van der Waals surface area contributed by atoms with E-state index < -0.39 is 30.1 Å². The maximum Gasteiger partial charge on any atom is 0.407 e. The van der Waals surface area contributed by atoms with E-state index in [0.717, 1.165) is 27.8 Å². The lowest BCUT2D eigenvalue weighted by molar-refractivity contribution is -0.143. The molecule has 1 heterocycles. The van der Waals surface area contributed by atoms with Gasteiger partial charge >= 0.3 is 12.1 Å². The molecule has 1 aliphatic rings. The molecular weight excluding hydrogens is 536 g/mol. The van der Waals surface area contributed by atoms with Gasteiger partial charge in [-0.15, -0.1) is 0 Å². The van der Waals surface area contributed by atoms with Crippen LogP contribution in [0.3, 0.4) is 0 Å². The number of nitrogens with one attached hydrogen (secondary N) is 2. The van der Waals surface area contributed by atoms with Crippen LogP contribution in [0.4, 0.5) is 4.79 Å². The Labute approximate surface area is 243 Å². The Morgan fingerprint density at radius 1 is 0.952 bits per heavy atom. The summed E-state index contributed by atoms with van der Waals surface area (Å²) in [6.07, 6.45) is -0.00951. The van der Waals surface area contributed by atoms with E-state index in [-0.39, 0.29) is 31.4 Å². The predicted molar refractivity (Wildman–Crippen MR) is 155 cm³/mol. The number of aliphatic carboxylic acids is 1. The second-order valence-corrected chi connectivity index (χ2v) is 10.1. The number of aromatic nitrogens is 2. The summed E-state index contributed by atoms with van der Waals surface area (Å²) in [6.45, 7) is 1.90. The minimum atomic E-state index is -1.31. The monoisotopic (exact) mass is 568 g/mol. The third kappa shape index (κ3) is 6.18. The topological polar surface area (TPSA) is 132 Å². The fourth-order valence-corrected chi connectivity index (χ4v) is 5.21. The molecule has 0 radical (unpaired) electrons. The normalized spacial score (nSPS) is 13.5. The van der Waals surface area contributed by atoms with Crippen molar-refractivity contribution < 1.29 is 29.0 Å². The SMILES string of the molecule is C[C@H](OCc1ccccc1)[C@@H](NC(=O)c1c(CNC(=O)OCC2c3ccccc3-c3ccccc32)cnn1C)C(=O)O. The number of amides is 2. The summed E-state index contributed by atoms with van der Waals surface area (Å²) in [5.41, 5.74) is 5.88. The molecule has 0 saturated carbocycles. The van der Waals surface area contributed by atoms with Crippen LogP contribution in [0.1, 0.15) is 45.6 Å². The molecule has 0 aliphatic heterocycles. The average Bonchev–Trinajstić information content (AvgIpc) is 3.54. The summed E-state index contributed by atoms with van der Waals surface area (Å²) in [5, 5.41) is 19.1. The number of benzene rings is 3. The molecule has 0 bridgehead atoms. The van der Waals surface area contributed by atoms with E-state index >= 15 is 0 Å². The van der Waals surface area contributed by atoms with E-state index in [1.54, 1.807) is 14.0 Å².